The maximum atomic E-state index is 11.8. The van der Waals surface area contributed by atoms with Crippen molar-refractivity contribution in [2.45, 2.75) is 13.0 Å². The zero-order chi connectivity index (χ0) is 11.5. The molecule has 0 saturated carbocycles. The zero-order valence-corrected chi connectivity index (χ0v) is 9.10. The Balaban J connectivity index is 2.06. The van der Waals surface area contributed by atoms with Gasteiger partial charge < -0.3 is 15.7 Å². The van der Waals surface area contributed by atoms with E-state index < -0.39 is 0 Å². The lowest BCUT2D eigenvalue weighted by Crippen LogP contribution is -2.39. The van der Waals surface area contributed by atoms with Crippen LogP contribution in [0.25, 0.3) is 0 Å². The van der Waals surface area contributed by atoms with Gasteiger partial charge in [-0.3, -0.25) is 9.78 Å². The van der Waals surface area contributed by atoms with E-state index in [1.54, 1.807) is 0 Å². The highest BCUT2D eigenvalue weighted by Crippen LogP contribution is 2.15. The summed E-state index contributed by atoms with van der Waals surface area (Å²) in [5.41, 5.74) is 0.272. The van der Waals surface area contributed by atoms with E-state index in [1.165, 1.54) is 18.5 Å². The Labute approximate surface area is 93.9 Å². The van der Waals surface area contributed by atoms with Crippen LogP contribution >= 0.6 is 0 Å². The maximum absolute atomic E-state index is 11.8. The fraction of sp³-hybridized carbons (Fsp3) is 0.455. The van der Waals surface area contributed by atoms with Gasteiger partial charge >= 0.3 is 0 Å². The van der Waals surface area contributed by atoms with E-state index in [0.29, 0.717) is 5.92 Å². The number of hydrogen-bond acceptors (Lipinski definition) is 4. The predicted molar refractivity (Wildman–Crippen MR) is 59.2 cm³/mol. The molecule has 1 aromatic rings. The van der Waals surface area contributed by atoms with Gasteiger partial charge in [0.15, 0.2) is 0 Å². The third kappa shape index (κ3) is 2.14. The Kier molecular flexibility index (Phi) is 3.05. The van der Waals surface area contributed by atoms with Crippen LogP contribution in [-0.4, -0.2) is 35.1 Å². The molecule has 2 unspecified atom stereocenters. The van der Waals surface area contributed by atoms with Gasteiger partial charge in [-0.25, -0.2) is 0 Å². The molecule has 0 radical (unpaired) electrons. The summed E-state index contributed by atoms with van der Waals surface area (Å²) in [6.45, 7) is 3.77. The van der Waals surface area contributed by atoms with Crippen molar-refractivity contribution in [1.82, 2.24) is 15.6 Å². The van der Waals surface area contributed by atoms with E-state index in [-0.39, 0.29) is 23.3 Å². The minimum atomic E-state index is -0.250. The molecule has 0 aliphatic carbocycles. The van der Waals surface area contributed by atoms with Crippen LogP contribution in [0.3, 0.4) is 0 Å². The normalized spacial score (nSPS) is 24.3. The van der Waals surface area contributed by atoms with Crippen LogP contribution in [0.15, 0.2) is 18.5 Å². The molecule has 1 aliphatic rings. The highest BCUT2D eigenvalue weighted by atomic mass is 16.3. The second kappa shape index (κ2) is 4.49. The minimum Gasteiger partial charge on any atom is -0.505 e. The smallest absolute Gasteiger partial charge is 0.255 e. The van der Waals surface area contributed by atoms with Crippen molar-refractivity contribution in [3.63, 3.8) is 0 Å². The average Bonchev–Trinajstić information content (AvgIpc) is 2.65. The first kappa shape index (κ1) is 10.9. The van der Waals surface area contributed by atoms with Crippen molar-refractivity contribution < 1.29 is 9.90 Å². The number of nitrogens with zero attached hydrogens (tertiary/aromatic N) is 1. The summed E-state index contributed by atoms with van der Waals surface area (Å²) in [6, 6.07) is 1.64. The molecule has 1 aliphatic heterocycles. The van der Waals surface area contributed by atoms with Crippen LogP contribution in [0, 0.1) is 5.92 Å². The van der Waals surface area contributed by atoms with Crippen molar-refractivity contribution in [2.75, 3.05) is 13.1 Å². The van der Waals surface area contributed by atoms with Gasteiger partial charge in [0.1, 0.15) is 5.75 Å². The van der Waals surface area contributed by atoms with Gasteiger partial charge in [0.25, 0.3) is 5.91 Å². The van der Waals surface area contributed by atoms with Crippen molar-refractivity contribution >= 4 is 5.91 Å². The predicted octanol–water partition coefficient (Wildman–Crippen LogP) is 0.125. The van der Waals surface area contributed by atoms with Crippen LogP contribution in [0.5, 0.6) is 5.75 Å². The average molecular weight is 221 g/mol. The Morgan fingerprint density at radius 1 is 1.62 bits per heavy atom. The summed E-state index contributed by atoms with van der Waals surface area (Å²) < 4.78 is 0. The van der Waals surface area contributed by atoms with Crippen LogP contribution in [0.2, 0.25) is 0 Å². The van der Waals surface area contributed by atoms with Gasteiger partial charge in [0, 0.05) is 18.8 Å². The molecule has 2 heterocycles. The Morgan fingerprint density at radius 3 is 3.06 bits per heavy atom. The van der Waals surface area contributed by atoms with Crippen LogP contribution < -0.4 is 10.6 Å². The first-order valence-electron chi connectivity index (χ1n) is 5.33. The number of hydrogen-bond donors (Lipinski definition) is 3. The first-order chi connectivity index (χ1) is 7.68. The number of aromatic nitrogens is 1. The first-order valence-corrected chi connectivity index (χ1v) is 5.33. The van der Waals surface area contributed by atoms with E-state index in [1.807, 2.05) is 0 Å². The number of aromatic hydroxyl groups is 1. The van der Waals surface area contributed by atoms with Gasteiger partial charge in [-0.15, -0.1) is 0 Å². The second-order valence-electron chi connectivity index (χ2n) is 4.11. The standard InChI is InChI=1S/C11H15N3O2/c1-7-4-13-5-9(7)14-11(16)8-2-3-12-6-10(8)15/h2-3,6-7,9,13,15H,4-5H2,1H3,(H,14,16). The topological polar surface area (TPSA) is 74.2 Å². The fourth-order valence-corrected chi connectivity index (χ4v) is 1.83. The molecule has 5 nitrogen and oxygen atoms in total. The number of carbonyl (C=O) groups excluding carboxylic acids is 1. The largest absolute Gasteiger partial charge is 0.505 e. The lowest BCUT2D eigenvalue weighted by Gasteiger charge is -2.16. The molecule has 3 N–H and O–H groups in total. The molecule has 0 aromatic carbocycles. The SMILES string of the molecule is CC1CNCC1NC(=O)c1ccncc1O. The third-order valence-electron chi connectivity index (χ3n) is 2.88. The van der Waals surface area contributed by atoms with E-state index in [2.05, 4.69) is 22.5 Å². The molecular weight excluding hydrogens is 206 g/mol. The number of rotatable bonds is 2. The summed E-state index contributed by atoms with van der Waals surface area (Å²) in [4.78, 5) is 15.6. The molecule has 1 aromatic heterocycles. The fourth-order valence-electron chi connectivity index (χ4n) is 1.83. The Hall–Kier alpha value is -1.62. The molecule has 5 heteroatoms. The summed E-state index contributed by atoms with van der Waals surface area (Å²) >= 11 is 0. The highest BCUT2D eigenvalue weighted by molar-refractivity contribution is 5.96. The summed E-state index contributed by atoms with van der Waals surface area (Å²) in [5.74, 6) is 0.0759. The monoisotopic (exact) mass is 221 g/mol. The molecule has 1 amide bonds. The van der Waals surface area contributed by atoms with Gasteiger partial charge in [0.05, 0.1) is 11.8 Å². The van der Waals surface area contributed by atoms with Gasteiger partial charge in [0.2, 0.25) is 0 Å². The molecule has 0 spiro atoms. The summed E-state index contributed by atoms with van der Waals surface area (Å²) in [5, 5.41) is 15.6. The van der Waals surface area contributed by atoms with Crippen molar-refractivity contribution in [3.05, 3.63) is 24.0 Å². The zero-order valence-electron chi connectivity index (χ0n) is 9.10. The lowest BCUT2D eigenvalue weighted by atomic mass is 10.1. The second-order valence-corrected chi connectivity index (χ2v) is 4.11. The number of amides is 1. The molecule has 0 bridgehead atoms. The lowest BCUT2D eigenvalue weighted by molar-refractivity contribution is 0.0930. The molecule has 2 rings (SSSR count). The summed E-state index contributed by atoms with van der Waals surface area (Å²) in [6.07, 6.45) is 2.76. The number of pyridine rings is 1. The van der Waals surface area contributed by atoms with Crippen molar-refractivity contribution in [2.24, 2.45) is 5.92 Å². The van der Waals surface area contributed by atoms with Crippen molar-refractivity contribution in [3.8, 4) is 5.75 Å². The van der Waals surface area contributed by atoms with Crippen molar-refractivity contribution in [1.29, 1.82) is 0 Å². The van der Waals surface area contributed by atoms with Crippen LogP contribution in [0.4, 0.5) is 0 Å². The van der Waals surface area contributed by atoms with Crippen LogP contribution in [-0.2, 0) is 0 Å². The molecule has 86 valence electrons. The van der Waals surface area contributed by atoms with Gasteiger partial charge in [-0.1, -0.05) is 6.92 Å². The highest BCUT2D eigenvalue weighted by Gasteiger charge is 2.25. The van der Waals surface area contributed by atoms with Gasteiger partial charge in [-0.05, 0) is 18.5 Å². The number of nitrogens with one attached hydrogen (secondary N) is 2. The molecule has 16 heavy (non-hydrogen) atoms. The molecule has 1 fully saturated rings. The Bertz CT molecular complexity index is 395. The van der Waals surface area contributed by atoms with E-state index in [9.17, 15) is 9.90 Å². The quantitative estimate of drug-likeness (QED) is 0.663. The molecular formula is C11H15N3O2. The van der Waals surface area contributed by atoms with E-state index in [0.717, 1.165) is 13.1 Å². The third-order valence-corrected chi connectivity index (χ3v) is 2.88. The maximum Gasteiger partial charge on any atom is 0.255 e. The molecule has 1 saturated heterocycles. The van der Waals surface area contributed by atoms with Crippen LogP contribution in [0.1, 0.15) is 17.3 Å². The summed E-state index contributed by atoms with van der Waals surface area (Å²) in [7, 11) is 0. The molecule has 2 atom stereocenters. The minimum absolute atomic E-state index is 0.0846. The Morgan fingerprint density at radius 2 is 2.44 bits per heavy atom. The van der Waals surface area contributed by atoms with E-state index in [4.69, 9.17) is 0 Å². The number of carbonyl (C=O) groups is 1. The van der Waals surface area contributed by atoms with E-state index >= 15 is 0 Å². The van der Waals surface area contributed by atoms with Gasteiger partial charge in [-0.2, -0.15) is 0 Å².